The summed E-state index contributed by atoms with van der Waals surface area (Å²) in [5, 5.41) is 14.8. The van der Waals surface area contributed by atoms with Gasteiger partial charge in [-0.25, -0.2) is 4.79 Å². The molecule has 8 heteroatoms. The molecule has 0 radical (unpaired) electrons. The second kappa shape index (κ2) is 10.6. The molecule has 2 heterocycles. The van der Waals surface area contributed by atoms with Crippen LogP contribution in [0.25, 0.3) is 10.9 Å². The highest BCUT2D eigenvalue weighted by atomic mass is 16.5. The number of anilines is 2. The molecule has 4 aromatic rings. The first-order valence-electron chi connectivity index (χ1n) is 12.1. The normalized spacial score (nSPS) is 16.0. The zero-order valence-corrected chi connectivity index (χ0v) is 20.2. The topological polar surface area (TPSA) is 99.4 Å². The van der Waals surface area contributed by atoms with Crippen molar-refractivity contribution in [1.29, 1.82) is 0 Å². The van der Waals surface area contributed by atoms with Gasteiger partial charge in [0.2, 0.25) is 0 Å². The van der Waals surface area contributed by atoms with Gasteiger partial charge in [-0.05, 0) is 79.5 Å². The van der Waals surface area contributed by atoms with E-state index in [0.717, 1.165) is 60.3 Å². The minimum Gasteiger partial charge on any atom is -0.465 e. The van der Waals surface area contributed by atoms with Crippen molar-refractivity contribution >= 4 is 34.2 Å². The van der Waals surface area contributed by atoms with Gasteiger partial charge in [0, 0.05) is 41.5 Å². The van der Waals surface area contributed by atoms with Crippen LogP contribution in [0, 0.1) is 0 Å². The average molecular weight is 484 g/mol. The third-order valence-electron chi connectivity index (χ3n) is 6.48. The van der Waals surface area contributed by atoms with Gasteiger partial charge >= 0.3 is 5.97 Å². The molecular weight excluding hydrogens is 454 g/mol. The fraction of sp³-hybridized carbons (Fsp3) is 0.250. The standard InChI is InChI=1S/C28H29N5O3/c1-36-28(35)21-9-7-20(8-10-21)27(34)31-23-5-2-4-19(14-23)17-33-13-3-6-25(18-33)30-24-11-12-26-22(15-24)16-29-32-26/h2,4-5,7-12,14-16,25,30H,3,6,13,17-18H2,1H3,(H,29,32)(H,31,34). The van der Waals surface area contributed by atoms with Gasteiger partial charge in [0.25, 0.3) is 5.91 Å². The van der Waals surface area contributed by atoms with Gasteiger partial charge < -0.3 is 15.4 Å². The number of H-pyrrole nitrogens is 1. The molecule has 1 aliphatic rings. The van der Waals surface area contributed by atoms with E-state index in [1.54, 1.807) is 24.3 Å². The van der Waals surface area contributed by atoms with E-state index in [-0.39, 0.29) is 5.91 Å². The molecule has 0 spiro atoms. The monoisotopic (exact) mass is 483 g/mol. The number of carbonyl (C=O) groups is 2. The molecule has 1 unspecified atom stereocenters. The zero-order chi connectivity index (χ0) is 24.9. The molecule has 3 aromatic carbocycles. The first-order chi connectivity index (χ1) is 17.6. The Morgan fingerprint density at radius 3 is 2.72 bits per heavy atom. The Labute approximate surface area is 209 Å². The summed E-state index contributed by atoms with van der Waals surface area (Å²) in [6, 6.07) is 21.0. The number of carbonyl (C=O) groups excluding carboxylic acids is 2. The van der Waals surface area contributed by atoms with E-state index in [1.807, 2.05) is 24.4 Å². The number of piperidine rings is 1. The predicted molar refractivity (Wildman–Crippen MR) is 140 cm³/mol. The van der Waals surface area contributed by atoms with Crippen LogP contribution in [0.5, 0.6) is 0 Å². The third kappa shape index (κ3) is 5.55. The van der Waals surface area contributed by atoms with Crippen LogP contribution < -0.4 is 10.6 Å². The molecule has 1 amide bonds. The molecule has 184 valence electrons. The summed E-state index contributed by atoms with van der Waals surface area (Å²) in [5.74, 6) is -0.649. The lowest BCUT2D eigenvalue weighted by Gasteiger charge is -2.33. The van der Waals surface area contributed by atoms with Crippen LogP contribution in [0.4, 0.5) is 11.4 Å². The van der Waals surface area contributed by atoms with Crippen molar-refractivity contribution in [3.63, 3.8) is 0 Å². The van der Waals surface area contributed by atoms with Crippen LogP contribution in [0.1, 0.15) is 39.1 Å². The molecule has 36 heavy (non-hydrogen) atoms. The maximum atomic E-state index is 12.7. The highest BCUT2D eigenvalue weighted by molar-refractivity contribution is 6.04. The maximum absolute atomic E-state index is 12.7. The summed E-state index contributed by atoms with van der Waals surface area (Å²) in [7, 11) is 1.33. The van der Waals surface area contributed by atoms with Crippen molar-refractivity contribution in [3.05, 3.63) is 89.6 Å². The molecule has 1 aliphatic heterocycles. The smallest absolute Gasteiger partial charge is 0.337 e. The lowest BCUT2D eigenvalue weighted by atomic mass is 10.0. The molecule has 0 saturated carbocycles. The number of methoxy groups -OCH3 is 1. The first-order valence-corrected chi connectivity index (χ1v) is 12.1. The number of aromatic amines is 1. The molecular formula is C28H29N5O3. The van der Waals surface area contributed by atoms with Gasteiger partial charge in [0.05, 0.1) is 24.4 Å². The van der Waals surface area contributed by atoms with E-state index in [0.29, 0.717) is 17.2 Å². The number of nitrogens with one attached hydrogen (secondary N) is 3. The molecule has 3 N–H and O–H groups in total. The van der Waals surface area contributed by atoms with Crippen molar-refractivity contribution < 1.29 is 14.3 Å². The number of hydrogen-bond donors (Lipinski definition) is 3. The number of aromatic nitrogens is 2. The number of rotatable bonds is 7. The molecule has 1 fully saturated rings. The largest absolute Gasteiger partial charge is 0.465 e. The molecule has 1 saturated heterocycles. The molecule has 5 rings (SSSR count). The summed E-state index contributed by atoms with van der Waals surface area (Å²) >= 11 is 0. The maximum Gasteiger partial charge on any atom is 0.337 e. The van der Waals surface area contributed by atoms with Gasteiger partial charge in [-0.3, -0.25) is 14.8 Å². The molecule has 8 nitrogen and oxygen atoms in total. The van der Waals surface area contributed by atoms with E-state index in [1.165, 1.54) is 7.11 Å². The number of benzene rings is 3. The highest BCUT2D eigenvalue weighted by Crippen LogP contribution is 2.22. The number of ether oxygens (including phenoxy) is 1. The first kappa shape index (κ1) is 23.6. The Morgan fingerprint density at radius 2 is 1.89 bits per heavy atom. The molecule has 0 bridgehead atoms. The lowest BCUT2D eigenvalue weighted by molar-refractivity contribution is 0.0600. The summed E-state index contributed by atoms with van der Waals surface area (Å²) in [6.45, 7) is 2.81. The number of fused-ring (bicyclic) bond motifs is 1. The van der Waals surface area contributed by atoms with Crippen LogP contribution in [-0.2, 0) is 11.3 Å². The Hall–Kier alpha value is -4.17. The van der Waals surface area contributed by atoms with Crippen LogP contribution in [0.3, 0.4) is 0 Å². The van der Waals surface area contributed by atoms with Crippen LogP contribution >= 0.6 is 0 Å². The van der Waals surface area contributed by atoms with Gasteiger partial charge in [-0.15, -0.1) is 0 Å². The van der Waals surface area contributed by atoms with Crippen LogP contribution in [0.15, 0.2) is 72.9 Å². The summed E-state index contributed by atoms with van der Waals surface area (Å²) in [6.07, 6.45) is 4.10. The minimum atomic E-state index is -0.427. The number of nitrogens with zero attached hydrogens (tertiary/aromatic N) is 2. The molecule has 1 atom stereocenters. The Kier molecular flexibility index (Phi) is 6.95. The second-order valence-corrected chi connectivity index (χ2v) is 9.11. The minimum absolute atomic E-state index is 0.222. The van der Waals surface area contributed by atoms with E-state index in [2.05, 4.69) is 50.0 Å². The van der Waals surface area contributed by atoms with E-state index in [9.17, 15) is 9.59 Å². The quantitative estimate of drug-likeness (QED) is 0.330. The predicted octanol–water partition coefficient (Wildman–Crippen LogP) is 4.68. The van der Waals surface area contributed by atoms with Crippen molar-refractivity contribution in [2.45, 2.75) is 25.4 Å². The van der Waals surface area contributed by atoms with Crippen molar-refractivity contribution in [3.8, 4) is 0 Å². The Morgan fingerprint density at radius 1 is 1.06 bits per heavy atom. The Bertz CT molecular complexity index is 1370. The molecule has 1 aromatic heterocycles. The highest BCUT2D eigenvalue weighted by Gasteiger charge is 2.20. The number of amides is 1. The zero-order valence-electron chi connectivity index (χ0n) is 20.2. The number of esters is 1. The Balaban J connectivity index is 1.18. The lowest BCUT2D eigenvalue weighted by Crippen LogP contribution is -2.41. The van der Waals surface area contributed by atoms with Crippen molar-refractivity contribution in [2.75, 3.05) is 30.8 Å². The van der Waals surface area contributed by atoms with Crippen LogP contribution in [0.2, 0.25) is 0 Å². The fourth-order valence-corrected chi connectivity index (χ4v) is 4.67. The fourth-order valence-electron chi connectivity index (χ4n) is 4.67. The second-order valence-electron chi connectivity index (χ2n) is 9.11. The van der Waals surface area contributed by atoms with Crippen LogP contribution in [-0.4, -0.2) is 53.2 Å². The summed E-state index contributed by atoms with van der Waals surface area (Å²) < 4.78 is 4.71. The van der Waals surface area contributed by atoms with Gasteiger partial charge in [-0.2, -0.15) is 5.10 Å². The SMILES string of the molecule is COC(=O)c1ccc(C(=O)Nc2cccc(CN3CCCC(Nc4ccc5[nH]ncc5c4)C3)c2)cc1. The van der Waals surface area contributed by atoms with E-state index >= 15 is 0 Å². The third-order valence-corrected chi connectivity index (χ3v) is 6.48. The van der Waals surface area contributed by atoms with Gasteiger partial charge in [0.15, 0.2) is 0 Å². The van der Waals surface area contributed by atoms with Crippen molar-refractivity contribution in [2.24, 2.45) is 0 Å². The summed E-state index contributed by atoms with van der Waals surface area (Å²) in [4.78, 5) is 26.7. The number of likely N-dealkylation sites (tertiary alicyclic amines) is 1. The van der Waals surface area contributed by atoms with E-state index in [4.69, 9.17) is 4.74 Å². The van der Waals surface area contributed by atoms with Gasteiger partial charge in [0.1, 0.15) is 0 Å². The van der Waals surface area contributed by atoms with E-state index < -0.39 is 5.97 Å². The van der Waals surface area contributed by atoms with Gasteiger partial charge in [-0.1, -0.05) is 12.1 Å². The number of hydrogen-bond acceptors (Lipinski definition) is 6. The van der Waals surface area contributed by atoms with Crippen molar-refractivity contribution in [1.82, 2.24) is 15.1 Å². The molecule has 0 aliphatic carbocycles. The average Bonchev–Trinajstić information content (AvgIpc) is 3.37. The summed E-state index contributed by atoms with van der Waals surface area (Å²) in [5.41, 5.74) is 4.93.